The molecule has 0 aliphatic carbocycles. The van der Waals surface area contributed by atoms with Gasteiger partial charge in [0.25, 0.3) is 0 Å². The van der Waals surface area contributed by atoms with Crippen LogP contribution in [0.2, 0.25) is 0 Å². The molecule has 1 aromatic heterocycles. The molecule has 15 heavy (non-hydrogen) atoms. The Bertz CT molecular complexity index is 390. The van der Waals surface area contributed by atoms with Crippen molar-refractivity contribution in [1.29, 1.82) is 0 Å². The maximum atomic E-state index is 11.0. The van der Waals surface area contributed by atoms with E-state index in [1.807, 2.05) is 35.7 Å². The van der Waals surface area contributed by atoms with Gasteiger partial charge < -0.3 is 0 Å². The van der Waals surface area contributed by atoms with Gasteiger partial charge in [-0.1, -0.05) is 0 Å². The van der Waals surface area contributed by atoms with Crippen molar-refractivity contribution in [3.8, 4) is 0 Å². The number of thioether (sulfide) groups is 2. The summed E-state index contributed by atoms with van der Waals surface area (Å²) in [5.41, 5.74) is 0.863. The van der Waals surface area contributed by atoms with Crippen LogP contribution in [0.1, 0.15) is 23.8 Å². The molecule has 0 spiro atoms. The van der Waals surface area contributed by atoms with E-state index >= 15 is 0 Å². The molecule has 0 N–H and O–H groups in total. The summed E-state index contributed by atoms with van der Waals surface area (Å²) < 4.78 is 2.67. The molecule has 1 saturated heterocycles. The van der Waals surface area contributed by atoms with Crippen LogP contribution in [0, 0.1) is 0 Å². The molecule has 0 bridgehead atoms. The van der Waals surface area contributed by atoms with Crippen molar-refractivity contribution in [2.45, 2.75) is 13.3 Å². The van der Waals surface area contributed by atoms with E-state index in [0.717, 1.165) is 5.69 Å². The number of hydrogen-bond donors (Lipinski definition) is 0. The van der Waals surface area contributed by atoms with Gasteiger partial charge >= 0.3 is 0 Å². The van der Waals surface area contributed by atoms with Crippen molar-refractivity contribution in [2.75, 3.05) is 11.5 Å². The highest BCUT2D eigenvalue weighted by atomic mass is 32.2. The van der Waals surface area contributed by atoms with Crippen LogP contribution in [0.4, 0.5) is 0 Å². The Morgan fingerprint density at radius 1 is 1.53 bits per heavy atom. The summed E-state index contributed by atoms with van der Waals surface area (Å²) in [5, 5.41) is 4.17. The second-order valence-corrected chi connectivity index (χ2v) is 5.75. The van der Waals surface area contributed by atoms with Crippen molar-refractivity contribution in [3.05, 3.63) is 22.2 Å². The highest BCUT2D eigenvalue weighted by molar-refractivity contribution is 8.23. The van der Waals surface area contributed by atoms with Gasteiger partial charge in [0.1, 0.15) is 0 Å². The predicted octanol–water partition coefficient (Wildman–Crippen LogP) is 2.71. The zero-order chi connectivity index (χ0) is 10.7. The first kappa shape index (κ1) is 10.8. The lowest BCUT2D eigenvalue weighted by molar-refractivity contribution is 0.0921. The van der Waals surface area contributed by atoms with E-state index in [0.29, 0.717) is 0 Å². The second kappa shape index (κ2) is 4.90. The zero-order valence-corrected chi connectivity index (χ0v) is 10.1. The lowest BCUT2D eigenvalue weighted by Crippen LogP contribution is -2.05. The SMILES string of the molecule is CC(=O)n1ccc(C=C2SCCCS2)n1. The number of hydrogen-bond acceptors (Lipinski definition) is 4. The smallest absolute Gasteiger partial charge is 0.243 e. The van der Waals surface area contributed by atoms with Crippen LogP contribution in [-0.4, -0.2) is 27.2 Å². The van der Waals surface area contributed by atoms with Crippen molar-refractivity contribution < 1.29 is 4.79 Å². The molecular formula is C10H12N2OS2. The highest BCUT2D eigenvalue weighted by Gasteiger charge is 2.07. The van der Waals surface area contributed by atoms with E-state index in [4.69, 9.17) is 0 Å². The van der Waals surface area contributed by atoms with E-state index in [9.17, 15) is 4.79 Å². The number of nitrogens with zero attached hydrogens (tertiary/aromatic N) is 2. The van der Waals surface area contributed by atoms with Crippen LogP contribution >= 0.6 is 23.5 Å². The molecule has 3 nitrogen and oxygen atoms in total. The molecule has 1 aliphatic heterocycles. The third kappa shape index (κ3) is 2.89. The summed E-state index contributed by atoms with van der Waals surface area (Å²) in [6.07, 6.45) is 5.02. The normalized spacial score (nSPS) is 16.5. The molecule has 0 atom stereocenters. The van der Waals surface area contributed by atoms with Crippen molar-refractivity contribution in [1.82, 2.24) is 9.78 Å². The molecule has 80 valence electrons. The third-order valence-corrected chi connectivity index (χ3v) is 4.47. The minimum Gasteiger partial charge on any atom is -0.273 e. The Hall–Kier alpha value is -0.680. The summed E-state index contributed by atoms with van der Waals surface area (Å²) in [6, 6.07) is 1.87. The highest BCUT2D eigenvalue weighted by Crippen LogP contribution is 2.35. The molecule has 5 heteroatoms. The van der Waals surface area contributed by atoms with Crippen molar-refractivity contribution in [3.63, 3.8) is 0 Å². The fraction of sp³-hybridized carbons (Fsp3) is 0.400. The van der Waals surface area contributed by atoms with Gasteiger partial charge in [0, 0.05) is 17.4 Å². The van der Waals surface area contributed by atoms with Crippen LogP contribution in [0.15, 0.2) is 16.5 Å². The van der Waals surface area contributed by atoms with Gasteiger partial charge in [-0.3, -0.25) is 4.79 Å². The second-order valence-electron chi connectivity index (χ2n) is 3.22. The summed E-state index contributed by atoms with van der Waals surface area (Å²) in [5.74, 6) is 2.32. The van der Waals surface area contributed by atoms with Gasteiger partial charge in [0.2, 0.25) is 5.91 Å². The molecule has 0 aromatic carbocycles. The Morgan fingerprint density at radius 2 is 2.27 bits per heavy atom. The van der Waals surface area contributed by atoms with E-state index in [1.54, 1.807) is 6.20 Å². The molecule has 2 heterocycles. The first-order valence-corrected chi connectivity index (χ1v) is 6.77. The maximum absolute atomic E-state index is 11.0. The van der Waals surface area contributed by atoms with E-state index < -0.39 is 0 Å². The third-order valence-electron chi connectivity index (χ3n) is 1.98. The molecule has 0 unspecified atom stereocenters. The topological polar surface area (TPSA) is 34.9 Å². The Kier molecular flexibility index (Phi) is 3.53. The Balaban J connectivity index is 2.12. The van der Waals surface area contributed by atoms with E-state index in [2.05, 4.69) is 5.10 Å². The lowest BCUT2D eigenvalue weighted by atomic mass is 10.4. The molecule has 2 rings (SSSR count). The number of rotatable bonds is 1. The minimum absolute atomic E-state index is 0.0522. The number of carbonyl (C=O) groups is 1. The van der Waals surface area contributed by atoms with Crippen molar-refractivity contribution in [2.24, 2.45) is 0 Å². The lowest BCUT2D eigenvalue weighted by Gasteiger charge is -2.11. The first-order chi connectivity index (χ1) is 7.25. The minimum atomic E-state index is -0.0522. The molecule has 0 amide bonds. The largest absolute Gasteiger partial charge is 0.273 e. The molecule has 0 radical (unpaired) electrons. The van der Waals surface area contributed by atoms with Gasteiger partial charge in [0.15, 0.2) is 0 Å². The maximum Gasteiger partial charge on any atom is 0.243 e. The van der Waals surface area contributed by atoms with Gasteiger partial charge in [-0.05, 0) is 30.1 Å². The quantitative estimate of drug-likeness (QED) is 0.756. The molecule has 1 fully saturated rings. The Morgan fingerprint density at radius 3 is 2.87 bits per heavy atom. The molecule has 1 aliphatic rings. The molecule has 1 aromatic rings. The van der Waals surface area contributed by atoms with Gasteiger partial charge in [0.05, 0.1) is 5.69 Å². The monoisotopic (exact) mass is 240 g/mol. The average molecular weight is 240 g/mol. The predicted molar refractivity (Wildman–Crippen MR) is 66.0 cm³/mol. The summed E-state index contributed by atoms with van der Waals surface area (Å²) >= 11 is 3.73. The van der Waals surface area contributed by atoms with Crippen LogP contribution in [0.25, 0.3) is 6.08 Å². The van der Waals surface area contributed by atoms with Gasteiger partial charge in [-0.25, -0.2) is 4.68 Å². The summed E-state index contributed by atoms with van der Waals surface area (Å²) in [7, 11) is 0. The van der Waals surface area contributed by atoms with Gasteiger partial charge in [-0.2, -0.15) is 5.10 Å². The van der Waals surface area contributed by atoms with Crippen LogP contribution < -0.4 is 0 Å². The fourth-order valence-corrected chi connectivity index (χ4v) is 3.64. The van der Waals surface area contributed by atoms with Gasteiger partial charge in [-0.15, -0.1) is 23.5 Å². The van der Waals surface area contributed by atoms with Crippen molar-refractivity contribution >= 4 is 35.5 Å². The molecular weight excluding hydrogens is 228 g/mol. The zero-order valence-electron chi connectivity index (χ0n) is 8.47. The fourth-order valence-electron chi connectivity index (χ4n) is 1.24. The van der Waals surface area contributed by atoms with E-state index in [-0.39, 0.29) is 5.91 Å². The Labute approximate surface area is 97.3 Å². The summed E-state index contributed by atoms with van der Waals surface area (Å²) in [6.45, 7) is 1.51. The average Bonchev–Trinajstić information content (AvgIpc) is 2.68. The number of aromatic nitrogens is 2. The first-order valence-electron chi connectivity index (χ1n) is 4.79. The van der Waals surface area contributed by atoms with Crippen LogP contribution in [0.5, 0.6) is 0 Å². The van der Waals surface area contributed by atoms with Crippen LogP contribution in [-0.2, 0) is 0 Å². The molecule has 0 saturated carbocycles. The van der Waals surface area contributed by atoms with Crippen LogP contribution in [0.3, 0.4) is 0 Å². The van der Waals surface area contributed by atoms with E-state index in [1.165, 1.54) is 33.8 Å². The summed E-state index contributed by atoms with van der Waals surface area (Å²) in [4.78, 5) is 11.0. The number of carbonyl (C=O) groups excluding carboxylic acids is 1. The standard InChI is InChI=1S/C10H12N2OS2/c1-8(13)12-4-3-9(11-12)7-10-14-5-2-6-15-10/h3-4,7H,2,5-6H2,1H3.